The Kier molecular flexibility index (Phi) is 4.12. The molecule has 1 heterocycles. The molecule has 1 atom stereocenters. The number of nitrogen functional groups attached to an aromatic ring is 1. The summed E-state index contributed by atoms with van der Waals surface area (Å²) in [6.45, 7) is 3.82. The number of carbonyl (C=O) groups is 1. The van der Waals surface area contributed by atoms with Crippen LogP contribution in [-0.4, -0.2) is 5.91 Å². The molecule has 5 heteroatoms. The van der Waals surface area contributed by atoms with Crippen LogP contribution < -0.4 is 11.1 Å². The van der Waals surface area contributed by atoms with E-state index in [4.69, 9.17) is 17.3 Å². The van der Waals surface area contributed by atoms with Crippen LogP contribution in [0.3, 0.4) is 0 Å². The van der Waals surface area contributed by atoms with Crippen LogP contribution in [0, 0.1) is 6.92 Å². The molecule has 0 fully saturated rings. The number of thiophene rings is 1. The van der Waals surface area contributed by atoms with Crippen LogP contribution in [0.25, 0.3) is 0 Å². The topological polar surface area (TPSA) is 55.1 Å². The Balaban J connectivity index is 2.10. The molecule has 2 rings (SSSR count). The van der Waals surface area contributed by atoms with Gasteiger partial charge in [0.15, 0.2) is 0 Å². The molecule has 0 radical (unpaired) electrons. The lowest BCUT2D eigenvalue weighted by atomic mass is 10.1. The van der Waals surface area contributed by atoms with E-state index >= 15 is 0 Å². The number of hydrogen-bond acceptors (Lipinski definition) is 3. The number of nitrogens with one attached hydrogen (secondary N) is 1. The molecule has 100 valence electrons. The van der Waals surface area contributed by atoms with E-state index in [1.54, 1.807) is 6.07 Å². The van der Waals surface area contributed by atoms with E-state index < -0.39 is 0 Å². The fourth-order valence-electron chi connectivity index (χ4n) is 1.74. The van der Waals surface area contributed by atoms with Gasteiger partial charge in [-0.05, 0) is 37.6 Å². The van der Waals surface area contributed by atoms with E-state index in [9.17, 15) is 4.79 Å². The lowest BCUT2D eigenvalue weighted by molar-refractivity contribution is 0.0944. The van der Waals surface area contributed by atoms with Crippen LogP contribution in [-0.2, 0) is 0 Å². The predicted molar refractivity (Wildman–Crippen MR) is 80.8 cm³/mol. The first-order valence-corrected chi connectivity index (χ1v) is 7.09. The molecule has 0 aliphatic heterocycles. The van der Waals surface area contributed by atoms with Crippen molar-refractivity contribution in [2.24, 2.45) is 0 Å². The highest BCUT2D eigenvalue weighted by Gasteiger charge is 2.14. The Labute approximate surface area is 121 Å². The molecule has 0 aliphatic carbocycles. The monoisotopic (exact) mass is 294 g/mol. The van der Waals surface area contributed by atoms with Crippen molar-refractivity contribution in [3.63, 3.8) is 0 Å². The number of anilines is 1. The molecule has 1 aromatic carbocycles. The van der Waals surface area contributed by atoms with Gasteiger partial charge in [-0.2, -0.15) is 0 Å². The zero-order chi connectivity index (χ0) is 14.0. The molecular weight excluding hydrogens is 280 g/mol. The predicted octanol–water partition coefficient (Wildman–Crippen LogP) is 3.78. The van der Waals surface area contributed by atoms with E-state index in [0.29, 0.717) is 15.6 Å². The third kappa shape index (κ3) is 3.28. The maximum absolute atomic E-state index is 12.1. The summed E-state index contributed by atoms with van der Waals surface area (Å²) in [5.74, 6) is -0.114. The van der Waals surface area contributed by atoms with E-state index in [0.717, 1.165) is 10.4 Å². The van der Waals surface area contributed by atoms with Crippen molar-refractivity contribution in [1.82, 2.24) is 5.32 Å². The number of rotatable bonds is 3. The summed E-state index contributed by atoms with van der Waals surface area (Å²) in [6, 6.07) is 9.07. The van der Waals surface area contributed by atoms with Crippen molar-refractivity contribution < 1.29 is 4.79 Å². The van der Waals surface area contributed by atoms with E-state index in [2.05, 4.69) is 5.32 Å². The van der Waals surface area contributed by atoms with Crippen molar-refractivity contribution in [2.75, 3.05) is 5.73 Å². The van der Waals surface area contributed by atoms with Gasteiger partial charge in [0.25, 0.3) is 5.91 Å². The Bertz CT molecular complexity index is 590. The normalized spacial score (nSPS) is 12.2. The molecule has 3 N–H and O–H groups in total. The number of amides is 1. The molecule has 3 nitrogen and oxygen atoms in total. The van der Waals surface area contributed by atoms with Gasteiger partial charge in [0, 0.05) is 15.6 Å². The average Bonchev–Trinajstić information content (AvgIpc) is 2.69. The van der Waals surface area contributed by atoms with Gasteiger partial charge >= 0.3 is 0 Å². The highest BCUT2D eigenvalue weighted by atomic mass is 35.5. The van der Waals surface area contributed by atoms with Crippen molar-refractivity contribution in [3.8, 4) is 0 Å². The Morgan fingerprint density at radius 2 is 2.16 bits per heavy atom. The summed E-state index contributed by atoms with van der Waals surface area (Å²) in [4.78, 5) is 13.7. The largest absolute Gasteiger partial charge is 0.398 e. The summed E-state index contributed by atoms with van der Waals surface area (Å²) >= 11 is 7.34. The van der Waals surface area contributed by atoms with Gasteiger partial charge in [0.05, 0.1) is 10.9 Å². The zero-order valence-corrected chi connectivity index (χ0v) is 12.3. The lowest BCUT2D eigenvalue weighted by Crippen LogP contribution is -2.25. The first-order valence-electron chi connectivity index (χ1n) is 5.89. The molecule has 19 heavy (non-hydrogen) atoms. The van der Waals surface area contributed by atoms with Crippen LogP contribution in [0.1, 0.15) is 33.1 Å². The van der Waals surface area contributed by atoms with Crippen LogP contribution in [0.5, 0.6) is 0 Å². The second-order valence-electron chi connectivity index (χ2n) is 4.37. The highest BCUT2D eigenvalue weighted by molar-refractivity contribution is 7.14. The third-order valence-electron chi connectivity index (χ3n) is 2.88. The summed E-state index contributed by atoms with van der Waals surface area (Å²) in [5, 5.41) is 3.60. The van der Waals surface area contributed by atoms with Crippen LogP contribution in [0.15, 0.2) is 30.3 Å². The third-order valence-corrected chi connectivity index (χ3v) is 4.18. The minimum atomic E-state index is -0.114. The number of nitrogens with two attached hydrogens (primary N) is 1. The first kappa shape index (κ1) is 13.9. The lowest BCUT2D eigenvalue weighted by Gasteiger charge is -2.13. The molecular formula is C14H15ClN2OS. The summed E-state index contributed by atoms with van der Waals surface area (Å²) < 4.78 is 0. The molecule has 0 saturated carbocycles. The fourth-order valence-corrected chi connectivity index (χ4v) is 2.78. The van der Waals surface area contributed by atoms with Gasteiger partial charge in [-0.3, -0.25) is 4.79 Å². The zero-order valence-electron chi connectivity index (χ0n) is 10.7. The minimum absolute atomic E-state index is 0.102. The van der Waals surface area contributed by atoms with Gasteiger partial charge in [-0.1, -0.05) is 23.7 Å². The van der Waals surface area contributed by atoms with Crippen LogP contribution >= 0.6 is 22.9 Å². The van der Waals surface area contributed by atoms with Crippen LogP contribution in [0.2, 0.25) is 5.02 Å². The van der Waals surface area contributed by atoms with Gasteiger partial charge in [0.2, 0.25) is 0 Å². The molecule has 2 aromatic rings. The summed E-state index contributed by atoms with van der Waals surface area (Å²) in [6.07, 6.45) is 0. The first-order chi connectivity index (χ1) is 8.97. The number of halogens is 1. The van der Waals surface area contributed by atoms with E-state index in [-0.39, 0.29) is 11.9 Å². The van der Waals surface area contributed by atoms with Crippen molar-refractivity contribution in [3.05, 3.63) is 50.7 Å². The van der Waals surface area contributed by atoms with Gasteiger partial charge < -0.3 is 11.1 Å². The van der Waals surface area contributed by atoms with E-state index in [1.165, 1.54) is 11.3 Å². The smallest absolute Gasteiger partial charge is 0.261 e. The second kappa shape index (κ2) is 5.63. The minimum Gasteiger partial charge on any atom is -0.398 e. The number of carbonyl (C=O) groups excluding carboxylic acids is 1. The maximum atomic E-state index is 12.1. The van der Waals surface area contributed by atoms with Crippen LogP contribution in [0.4, 0.5) is 5.69 Å². The summed E-state index contributed by atoms with van der Waals surface area (Å²) in [5.41, 5.74) is 7.39. The molecule has 1 unspecified atom stereocenters. The SMILES string of the molecule is Cc1sc(C(=O)NC(C)c2cccc(Cl)c2)cc1N. The van der Waals surface area contributed by atoms with Gasteiger partial charge in [-0.25, -0.2) is 0 Å². The van der Waals surface area contributed by atoms with Crippen molar-refractivity contribution >= 4 is 34.5 Å². The standard InChI is InChI=1S/C14H15ClN2OS/c1-8(10-4-3-5-11(15)6-10)17-14(18)13-7-12(16)9(2)19-13/h3-8H,16H2,1-2H3,(H,17,18). The quantitative estimate of drug-likeness (QED) is 0.905. The fraction of sp³-hybridized carbons (Fsp3) is 0.214. The molecule has 0 saturated heterocycles. The van der Waals surface area contributed by atoms with E-state index in [1.807, 2.05) is 38.1 Å². The Hall–Kier alpha value is -1.52. The number of hydrogen-bond donors (Lipinski definition) is 2. The van der Waals surface area contributed by atoms with Gasteiger partial charge in [-0.15, -0.1) is 11.3 Å². The Morgan fingerprint density at radius 3 is 2.74 bits per heavy atom. The maximum Gasteiger partial charge on any atom is 0.261 e. The molecule has 0 spiro atoms. The second-order valence-corrected chi connectivity index (χ2v) is 6.07. The average molecular weight is 295 g/mol. The number of benzene rings is 1. The summed E-state index contributed by atoms with van der Waals surface area (Å²) in [7, 11) is 0. The number of aryl methyl sites for hydroxylation is 1. The molecule has 0 aliphatic rings. The van der Waals surface area contributed by atoms with Crippen molar-refractivity contribution in [2.45, 2.75) is 19.9 Å². The van der Waals surface area contributed by atoms with Crippen molar-refractivity contribution in [1.29, 1.82) is 0 Å². The molecule has 0 bridgehead atoms. The highest BCUT2D eigenvalue weighted by Crippen LogP contribution is 2.24. The molecule has 1 aromatic heterocycles. The molecule has 1 amide bonds. The van der Waals surface area contributed by atoms with Gasteiger partial charge in [0.1, 0.15) is 0 Å². The Morgan fingerprint density at radius 1 is 1.42 bits per heavy atom.